The number of amides is 1. The van der Waals surface area contributed by atoms with Crippen molar-refractivity contribution in [3.05, 3.63) is 0 Å². The molecule has 1 unspecified atom stereocenters. The molecule has 0 radical (unpaired) electrons. The molecule has 0 heterocycles. The highest BCUT2D eigenvalue weighted by atomic mass is 127. The van der Waals surface area contributed by atoms with Gasteiger partial charge in [0.1, 0.15) is 6.04 Å². The molecular formula is C9H17IN2O3. The Kier molecular flexibility index (Phi) is 5.50. The second-order valence-corrected chi connectivity index (χ2v) is 5.38. The minimum absolute atomic E-state index is 0.0898. The Labute approximate surface area is 103 Å². The Bertz CT molecular complexity index is 250. The zero-order chi connectivity index (χ0) is 12.2. The van der Waals surface area contributed by atoms with Gasteiger partial charge in [-0.3, -0.25) is 9.59 Å². The molecule has 1 amide bonds. The van der Waals surface area contributed by atoms with Gasteiger partial charge in [0.2, 0.25) is 5.91 Å². The second-order valence-electron chi connectivity index (χ2n) is 4.34. The molecule has 0 saturated heterocycles. The molecule has 0 aromatic heterocycles. The molecule has 0 aliphatic heterocycles. The third-order valence-corrected chi connectivity index (χ3v) is 3.98. The Morgan fingerprint density at radius 1 is 1.47 bits per heavy atom. The van der Waals surface area contributed by atoms with Crippen LogP contribution in [0.3, 0.4) is 0 Å². The van der Waals surface area contributed by atoms with Gasteiger partial charge in [0.15, 0.2) is 0 Å². The van der Waals surface area contributed by atoms with Crippen molar-refractivity contribution in [3.8, 4) is 0 Å². The first kappa shape index (κ1) is 14.6. The van der Waals surface area contributed by atoms with E-state index in [1.54, 1.807) is 3.11 Å². The van der Waals surface area contributed by atoms with Gasteiger partial charge in [0.25, 0.3) is 0 Å². The average molecular weight is 328 g/mol. The van der Waals surface area contributed by atoms with Crippen LogP contribution >= 0.6 is 22.9 Å². The Morgan fingerprint density at radius 2 is 1.93 bits per heavy atom. The fourth-order valence-electron chi connectivity index (χ4n) is 1.08. The Hall–Kier alpha value is -0.370. The van der Waals surface area contributed by atoms with Gasteiger partial charge < -0.3 is 10.8 Å². The molecule has 1 atom stereocenters. The number of nitrogens with two attached hydrogens (primary N) is 1. The van der Waals surface area contributed by atoms with Gasteiger partial charge in [-0.25, -0.2) is 3.11 Å². The molecule has 15 heavy (non-hydrogen) atoms. The lowest BCUT2D eigenvalue weighted by Gasteiger charge is -2.34. The number of hydrogen-bond donors (Lipinski definition) is 2. The number of carboxylic acid groups (broad SMARTS) is 1. The standard InChI is InChI=1S/C9H17IN2O3/c1-9(2,3)12(10)6(8(14)15)4-5-7(11)13/h6H,4-5H2,1-3H3,(H2,11,13)(H,14,15). The number of halogens is 1. The molecule has 0 saturated carbocycles. The van der Waals surface area contributed by atoms with E-state index in [0.29, 0.717) is 0 Å². The highest BCUT2D eigenvalue weighted by molar-refractivity contribution is 14.1. The lowest BCUT2D eigenvalue weighted by atomic mass is 10.0. The SMILES string of the molecule is CC(C)(C)N(I)C(CCC(N)=O)C(=O)O. The first-order valence-corrected chi connectivity index (χ1v) is 5.59. The smallest absolute Gasteiger partial charge is 0.321 e. The molecule has 88 valence electrons. The monoisotopic (exact) mass is 328 g/mol. The number of carboxylic acids is 1. The molecule has 0 rings (SSSR count). The van der Waals surface area contributed by atoms with Crippen molar-refractivity contribution in [2.75, 3.05) is 0 Å². The largest absolute Gasteiger partial charge is 0.480 e. The lowest BCUT2D eigenvalue weighted by Crippen LogP contribution is -2.45. The summed E-state index contributed by atoms with van der Waals surface area (Å²) in [7, 11) is 0. The molecule has 0 fully saturated rings. The maximum Gasteiger partial charge on any atom is 0.321 e. The van der Waals surface area contributed by atoms with E-state index >= 15 is 0 Å². The van der Waals surface area contributed by atoms with Crippen molar-refractivity contribution in [2.45, 2.75) is 45.2 Å². The van der Waals surface area contributed by atoms with E-state index in [2.05, 4.69) is 0 Å². The van der Waals surface area contributed by atoms with Gasteiger partial charge in [-0.05, 0) is 27.2 Å². The van der Waals surface area contributed by atoms with E-state index < -0.39 is 17.9 Å². The lowest BCUT2D eigenvalue weighted by molar-refractivity contribution is -0.142. The van der Waals surface area contributed by atoms with Crippen LogP contribution in [-0.2, 0) is 9.59 Å². The number of rotatable bonds is 5. The maximum absolute atomic E-state index is 11.0. The normalized spacial score (nSPS) is 13.9. The molecule has 0 aliphatic carbocycles. The van der Waals surface area contributed by atoms with E-state index in [4.69, 9.17) is 10.8 Å². The molecule has 5 nitrogen and oxygen atoms in total. The number of hydrogen-bond acceptors (Lipinski definition) is 3. The van der Waals surface area contributed by atoms with E-state index in [-0.39, 0.29) is 18.4 Å². The number of carbonyl (C=O) groups excluding carboxylic acids is 1. The van der Waals surface area contributed by atoms with Crippen molar-refractivity contribution in [3.63, 3.8) is 0 Å². The fraction of sp³-hybridized carbons (Fsp3) is 0.778. The topological polar surface area (TPSA) is 83.6 Å². The van der Waals surface area contributed by atoms with Gasteiger partial charge in [-0.2, -0.15) is 0 Å². The van der Waals surface area contributed by atoms with Gasteiger partial charge in [-0.1, -0.05) is 0 Å². The van der Waals surface area contributed by atoms with Crippen molar-refractivity contribution >= 4 is 34.7 Å². The van der Waals surface area contributed by atoms with Crippen molar-refractivity contribution in [1.29, 1.82) is 0 Å². The molecule has 0 aromatic rings. The molecule has 6 heteroatoms. The van der Waals surface area contributed by atoms with Gasteiger partial charge in [0.05, 0.1) is 0 Å². The number of primary amides is 1. The summed E-state index contributed by atoms with van der Waals surface area (Å²) >= 11 is 1.97. The van der Waals surface area contributed by atoms with Gasteiger partial charge in [0, 0.05) is 34.8 Å². The van der Waals surface area contributed by atoms with Crippen LogP contribution in [0.4, 0.5) is 0 Å². The van der Waals surface area contributed by atoms with Crippen LogP contribution in [-0.4, -0.2) is 31.7 Å². The van der Waals surface area contributed by atoms with Crippen LogP contribution in [0.25, 0.3) is 0 Å². The summed E-state index contributed by atoms with van der Waals surface area (Å²) in [6, 6.07) is -0.682. The molecule has 0 bridgehead atoms. The molecule has 0 aromatic carbocycles. The molecule has 0 aliphatic rings. The first-order valence-electron chi connectivity index (χ1n) is 4.62. The van der Waals surface area contributed by atoms with E-state index in [0.717, 1.165) is 0 Å². The maximum atomic E-state index is 11.0. The summed E-state index contributed by atoms with van der Waals surface area (Å²) < 4.78 is 1.70. The zero-order valence-corrected chi connectivity index (χ0v) is 11.3. The summed E-state index contributed by atoms with van der Waals surface area (Å²) in [4.78, 5) is 21.6. The summed E-state index contributed by atoms with van der Waals surface area (Å²) in [6.07, 6.45) is 0.331. The van der Waals surface area contributed by atoms with Crippen LogP contribution in [0.1, 0.15) is 33.6 Å². The summed E-state index contributed by atoms with van der Waals surface area (Å²) in [5, 5.41) is 9.02. The minimum Gasteiger partial charge on any atom is -0.480 e. The van der Waals surface area contributed by atoms with Crippen molar-refractivity contribution < 1.29 is 14.7 Å². The van der Waals surface area contributed by atoms with E-state index in [1.807, 2.05) is 43.6 Å². The van der Waals surface area contributed by atoms with Crippen LogP contribution < -0.4 is 5.73 Å². The summed E-state index contributed by atoms with van der Waals surface area (Å²) in [5.74, 6) is -1.40. The zero-order valence-electron chi connectivity index (χ0n) is 9.16. The molecular weight excluding hydrogens is 311 g/mol. The fourth-order valence-corrected chi connectivity index (χ4v) is 1.60. The predicted octanol–water partition coefficient (Wildman–Crippen LogP) is 1.16. The van der Waals surface area contributed by atoms with Crippen LogP contribution in [0.15, 0.2) is 0 Å². The quantitative estimate of drug-likeness (QED) is 0.586. The third kappa shape index (κ3) is 5.31. The van der Waals surface area contributed by atoms with Crippen LogP contribution in [0.5, 0.6) is 0 Å². The van der Waals surface area contributed by atoms with Gasteiger partial charge >= 0.3 is 5.97 Å². The number of aliphatic carboxylic acids is 1. The number of nitrogens with zero attached hydrogens (tertiary/aromatic N) is 1. The van der Waals surface area contributed by atoms with Crippen LogP contribution in [0.2, 0.25) is 0 Å². The van der Waals surface area contributed by atoms with Gasteiger partial charge in [-0.15, -0.1) is 0 Å². The Morgan fingerprint density at radius 3 is 2.20 bits per heavy atom. The third-order valence-electron chi connectivity index (χ3n) is 1.86. The van der Waals surface area contributed by atoms with Crippen molar-refractivity contribution in [2.24, 2.45) is 5.73 Å². The molecule has 3 N–H and O–H groups in total. The molecule has 0 spiro atoms. The van der Waals surface area contributed by atoms with Crippen LogP contribution in [0, 0.1) is 0 Å². The summed E-state index contributed by atoms with van der Waals surface area (Å²) in [5.41, 5.74) is 4.73. The van der Waals surface area contributed by atoms with Crippen molar-refractivity contribution in [1.82, 2.24) is 3.11 Å². The number of carbonyl (C=O) groups is 2. The first-order chi connectivity index (χ1) is 6.66. The second kappa shape index (κ2) is 5.64. The summed E-state index contributed by atoms with van der Waals surface area (Å²) in [6.45, 7) is 5.75. The minimum atomic E-state index is -0.930. The predicted molar refractivity (Wildman–Crippen MR) is 65.5 cm³/mol. The highest BCUT2D eigenvalue weighted by Crippen LogP contribution is 2.24. The Balaban J connectivity index is 4.53. The highest BCUT2D eigenvalue weighted by Gasteiger charge is 2.31. The average Bonchev–Trinajstić information content (AvgIpc) is 2.01. The van der Waals surface area contributed by atoms with E-state index in [9.17, 15) is 9.59 Å². The van der Waals surface area contributed by atoms with E-state index in [1.165, 1.54) is 0 Å².